The number of benzene rings is 1. The molecule has 3 heteroatoms. The first-order valence-electron chi connectivity index (χ1n) is 7.82. The van der Waals surface area contributed by atoms with E-state index in [1.807, 2.05) is 6.07 Å². The lowest BCUT2D eigenvalue weighted by molar-refractivity contribution is -0.125. The van der Waals surface area contributed by atoms with Gasteiger partial charge in [0.1, 0.15) is 0 Å². The van der Waals surface area contributed by atoms with Crippen molar-refractivity contribution < 1.29 is 4.79 Å². The van der Waals surface area contributed by atoms with Crippen LogP contribution in [0.3, 0.4) is 0 Å². The van der Waals surface area contributed by atoms with Crippen molar-refractivity contribution in [1.29, 1.82) is 0 Å². The van der Waals surface area contributed by atoms with Gasteiger partial charge < -0.3 is 11.1 Å². The smallest absolute Gasteiger partial charge is 0.223 e. The lowest BCUT2D eigenvalue weighted by Gasteiger charge is -2.21. The van der Waals surface area contributed by atoms with Gasteiger partial charge in [-0.3, -0.25) is 4.79 Å². The van der Waals surface area contributed by atoms with E-state index >= 15 is 0 Å². The lowest BCUT2D eigenvalue weighted by Crippen LogP contribution is -2.41. The van der Waals surface area contributed by atoms with E-state index in [1.54, 1.807) is 0 Å². The van der Waals surface area contributed by atoms with Crippen molar-refractivity contribution >= 4 is 5.91 Å². The summed E-state index contributed by atoms with van der Waals surface area (Å²) in [7, 11) is 0. The highest BCUT2D eigenvalue weighted by atomic mass is 16.1. The van der Waals surface area contributed by atoms with Crippen LogP contribution in [0.4, 0.5) is 0 Å². The predicted molar refractivity (Wildman–Crippen MR) is 80.1 cm³/mol. The Balaban J connectivity index is 1.59. The van der Waals surface area contributed by atoms with Crippen LogP contribution in [0.25, 0.3) is 0 Å². The largest absolute Gasteiger partial charge is 0.353 e. The summed E-state index contributed by atoms with van der Waals surface area (Å²) in [6.07, 6.45) is 6.26. The summed E-state index contributed by atoms with van der Waals surface area (Å²) in [5.41, 5.74) is 7.22. The fraction of sp³-hybridized carbons (Fsp3) is 0.588. The first-order chi connectivity index (χ1) is 9.72. The van der Waals surface area contributed by atoms with Gasteiger partial charge in [-0.1, -0.05) is 30.3 Å². The van der Waals surface area contributed by atoms with Gasteiger partial charge in [0.25, 0.3) is 0 Å². The minimum absolute atomic E-state index is 0.141. The van der Waals surface area contributed by atoms with Crippen LogP contribution in [0.15, 0.2) is 30.3 Å². The van der Waals surface area contributed by atoms with Crippen molar-refractivity contribution in [2.24, 2.45) is 17.6 Å². The van der Waals surface area contributed by atoms with E-state index in [2.05, 4.69) is 29.6 Å². The second-order valence-electron chi connectivity index (χ2n) is 6.41. The maximum absolute atomic E-state index is 12.4. The molecule has 0 aliphatic heterocycles. The number of hydrogen-bond donors (Lipinski definition) is 2. The van der Waals surface area contributed by atoms with Crippen LogP contribution >= 0.6 is 0 Å². The van der Waals surface area contributed by atoms with Crippen molar-refractivity contribution in [3.63, 3.8) is 0 Å². The first-order valence-corrected chi connectivity index (χ1v) is 7.82. The number of amides is 1. The molecule has 0 aromatic heterocycles. The van der Waals surface area contributed by atoms with Crippen LogP contribution in [0.2, 0.25) is 0 Å². The number of nitrogens with one attached hydrogen (secondary N) is 1. The first kappa shape index (κ1) is 13.6. The summed E-state index contributed by atoms with van der Waals surface area (Å²) in [6.45, 7) is 0. The van der Waals surface area contributed by atoms with E-state index < -0.39 is 0 Å². The normalized spacial score (nSPS) is 27.2. The van der Waals surface area contributed by atoms with Crippen LogP contribution in [-0.2, 0) is 11.2 Å². The van der Waals surface area contributed by atoms with Gasteiger partial charge in [-0.05, 0) is 50.0 Å². The molecule has 3 N–H and O–H groups in total. The molecule has 2 aliphatic carbocycles. The van der Waals surface area contributed by atoms with Gasteiger partial charge in [0, 0.05) is 18.0 Å². The lowest BCUT2D eigenvalue weighted by atomic mass is 10.00. The Labute approximate surface area is 120 Å². The zero-order valence-electron chi connectivity index (χ0n) is 11.9. The molecule has 3 atom stereocenters. The minimum atomic E-state index is 0.141. The highest BCUT2D eigenvalue weighted by molar-refractivity contribution is 5.79. The number of carbonyl (C=O) groups is 1. The molecule has 1 amide bonds. The van der Waals surface area contributed by atoms with Crippen LogP contribution in [0.5, 0.6) is 0 Å². The molecule has 0 radical (unpaired) electrons. The number of carbonyl (C=O) groups excluding carboxylic acids is 1. The van der Waals surface area contributed by atoms with E-state index in [0.717, 1.165) is 25.7 Å². The molecular weight excluding hydrogens is 248 g/mol. The SMILES string of the molecule is NC1CCC(C(=O)NC(Cc2ccccc2)C2CC2)C1. The van der Waals surface area contributed by atoms with Crippen LogP contribution in [0.1, 0.15) is 37.7 Å². The minimum Gasteiger partial charge on any atom is -0.353 e. The molecule has 0 heterocycles. The fourth-order valence-electron chi connectivity index (χ4n) is 3.26. The molecule has 2 saturated carbocycles. The topological polar surface area (TPSA) is 55.1 Å². The third-order valence-electron chi connectivity index (χ3n) is 4.66. The molecule has 3 rings (SSSR count). The Morgan fingerprint density at radius 1 is 1.20 bits per heavy atom. The molecule has 108 valence electrons. The Kier molecular flexibility index (Phi) is 4.06. The quantitative estimate of drug-likeness (QED) is 0.864. The summed E-state index contributed by atoms with van der Waals surface area (Å²) in [4.78, 5) is 12.4. The van der Waals surface area contributed by atoms with E-state index in [9.17, 15) is 4.79 Å². The van der Waals surface area contributed by atoms with Gasteiger partial charge in [0.2, 0.25) is 5.91 Å². The Hall–Kier alpha value is -1.35. The molecular formula is C17H24N2O. The summed E-state index contributed by atoms with van der Waals surface area (Å²) >= 11 is 0. The van der Waals surface area contributed by atoms with Crippen molar-refractivity contribution in [3.05, 3.63) is 35.9 Å². The highest BCUT2D eigenvalue weighted by Gasteiger charge is 2.35. The second kappa shape index (κ2) is 5.96. The maximum Gasteiger partial charge on any atom is 0.223 e. The van der Waals surface area contributed by atoms with Crippen LogP contribution in [-0.4, -0.2) is 18.0 Å². The van der Waals surface area contributed by atoms with Gasteiger partial charge in [-0.2, -0.15) is 0 Å². The molecule has 3 unspecified atom stereocenters. The maximum atomic E-state index is 12.4. The van der Waals surface area contributed by atoms with Gasteiger partial charge in [-0.15, -0.1) is 0 Å². The molecule has 2 fully saturated rings. The van der Waals surface area contributed by atoms with Crippen molar-refractivity contribution in [2.75, 3.05) is 0 Å². The average Bonchev–Trinajstić information content (AvgIpc) is 3.21. The van der Waals surface area contributed by atoms with Crippen LogP contribution in [0, 0.1) is 11.8 Å². The van der Waals surface area contributed by atoms with Crippen molar-refractivity contribution in [3.8, 4) is 0 Å². The van der Waals surface area contributed by atoms with Gasteiger partial charge in [0.15, 0.2) is 0 Å². The number of hydrogen-bond acceptors (Lipinski definition) is 2. The standard InChI is InChI=1S/C17H24N2O/c18-15-9-8-14(11-15)17(20)19-16(13-6-7-13)10-12-4-2-1-3-5-12/h1-5,13-16H,6-11,18H2,(H,19,20). The van der Waals surface area contributed by atoms with Gasteiger partial charge in [-0.25, -0.2) is 0 Å². The van der Waals surface area contributed by atoms with Gasteiger partial charge >= 0.3 is 0 Å². The second-order valence-corrected chi connectivity index (χ2v) is 6.41. The zero-order chi connectivity index (χ0) is 13.9. The molecule has 1 aromatic rings. The van der Waals surface area contributed by atoms with E-state index in [0.29, 0.717) is 12.0 Å². The molecule has 20 heavy (non-hydrogen) atoms. The summed E-state index contributed by atoms with van der Waals surface area (Å²) in [5.74, 6) is 1.04. The van der Waals surface area contributed by atoms with Crippen LogP contribution < -0.4 is 11.1 Å². The summed E-state index contributed by atoms with van der Waals surface area (Å²) < 4.78 is 0. The molecule has 2 aliphatic rings. The molecule has 0 spiro atoms. The number of nitrogens with two attached hydrogens (primary N) is 1. The fourth-order valence-corrected chi connectivity index (χ4v) is 3.26. The molecule has 1 aromatic carbocycles. The zero-order valence-corrected chi connectivity index (χ0v) is 11.9. The van der Waals surface area contributed by atoms with Crippen molar-refractivity contribution in [2.45, 2.75) is 50.6 Å². The number of rotatable bonds is 5. The highest BCUT2D eigenvalue weighted by Crippen LogP contribution is 2.35. The summed E-state index contributed by atoms with van der Waals surface area (Å²) in [6, 6.07) is 11.0. The predicted octanol–water partition coefficient (Wildman–Crippen LogP) is 2.25. The van der Waals surface area contributed by atoms with E-state index in [-0.39, 0.29) is 17.9 Å². The van der Waals surface area contributed by atoms with E-state index in [4.69, 9.17) is 5.73 Å². The summed E-state index contributed by atoms with van der Waals surface area (Å²) in [5, 5.41) is 3.30. The third-order valence-corrected chi connectivity index (χ3v) is 4.66. The third kappa shape index (κ3) is 3.40. The Morgan fingerprint density at radius 2 is 1.95 bits per heavy atom. The molecule has 0 bridgehead atoms. The van der Waals surface area contributed by atoms with E-state index in [1.165, 1.54) is 18.4 Å². The average molecular weight is 272 g/mol. The monoisotopic (exact) mass is 272 g/mol. The molecule has 0 saturated heterocycles. The Bertz CT molecular complexity index is 455. The molecule has 3 nitrogen and oxygen atoms in total. The van der Waals surface area contributed by atoms with Gasteiger partial charge in [0.05, 0.1) is 0 Å². The Morgan fingerprint density at radius 3 is 2.55 bits per heavy atom. The van der Waals surface area contributed by atoms with Crippen molar-refractivity contribution in [1.82, 2.24) is 5.32 Å².